The molecule has 2 aliphatic rings. The summed E-state index contributed by atoms with van der Waals surface area (Å²) >= 11 is 0. The van der Waals surface area contributed by atoms with E-state index in [2.05, 4.69) is 5.32 Å². The lowest BCUT2D eigenvalue weighted by molar-refractivity contribution is -0.137. The Morgan fingerprint density at radius 3 is 2.75 bits per heavy atom. The first-order valence-corrected chi connectivity index (χ1v) is 8.65. The number of benzene rings is 1. The Labute approximate surface area is 141 Å². The number of fused-ring (bicyclic) bond motifs is 1. The largest absolute Gasteiger partial charge is 0.461 e. The van der Waals surface area contributed by atoms with Crippen molar-refractivity contribution < 1.29 is 14.0 Å². The van der Waals surface area contributed by atoms with Crippen molar-refractivity contribution in [2.75, 3.05) is 11.9 Å². The number of hydrogen-bond donors (Lipinski definition) is 1. The molecule has 126 valence electrons. The third-order valence-corrected chi connectivity index (χ3v) is 5.21. The summed E-state index contributed by atoms with van der Waals surface area (Å²) in [5.74, 6) is 1.12. The topological polar surface area (TPSA) is 62.6 Å². The van der Waals surface area contributed by atoms with Gasteiger partial charge in [0, 0.05) is 23.5 Å². The maximum atomic E-state index is 12.7. The number of likely N-dealkylation sites (tertiary alicyclic amines) is 1. The summed E-state index contributed by atoms with van der Waals surface area (Å²) in [5, 5.41) is 4.00. The van der Waals surface area contributed by atoms with Crippen LogP contribution in [0, 0.1) is 19.8 Å². The van der Waals surface area contributed by atoms with Crippen molar-refractivity contribution in [2.45, 2.75) is 45.6 Å². The number of carbonyl (C=O) groups is 2. The summed E-state index contributed by atoms with van der Waals surface area (Å²) < 4.78 is 5.67. The van der Waals surface area contributed by atoms with E-state index in [0.717, 1.165) is 53.7 Å². The molecule has 1 aromatic carbocycles. The summed E-state index contributed by atoms with van der Waals surface area (Å²) in [6.45, 7) is 4.65. The zero-order valence-corrected chi connectivity index (χ0v) is 14.1. The van der Waals surface area contributed by atoms with Crippen molar-refractivity contribution in [3.8, 4) is 0 Å². The first-order valence-electron chi connectivity index (χ1n) is 8.65. The maximum Gasteiger partial charge on any atom is 0.247 e. The number of nitrogens with one attached hydrogen (secondary N) is 1. The molecule has 24 heavy (non-hydrogen) atoms. The molecule has 1 saturated carbocycles. The molecule has 1 aliphatic carbocycles. The second-order valence-electron chi connectivity index (χ2n) is 6.95. The van der Waals surface area contributed by atoms with Gasteiger partial charge in [-0.15, -0.1) is 0 Å². The van der Waals surface area contributed by atoms with Gasteiger partial charge in [-0.3, -0.25) is 9.59 Å². The van der Waals surface area contributed by atoms with Gasteiger partial charge in [0.05, 0.1) is 0 Å². The quantitative estimate of drug-likeness (QED) is 0.940. The monoisotopic (exact) mass is 326 g/mol. The minimum Gasteiger partial charge on any atom is -0.461 e. The number of rotatable bonds is 3. The second kappa shape index (κ2) is 5.65. The van der Waals surface area contributed by atoms with Crippen LogP contribution in [0.15, 0.2) is 22.6 Å². The lowest BCUT2D eigenvalue weighted by Gasteiger charge is -2.24. The van der Waals surface area contributed by atoms with Crippen LogP contribution in [0.1, 0.15) is 37.0 Å². The number of carbonyl (C=O) groups excluding carboxylic acids is 2. The zero-order chi connectivity index (χ0) is 16.8. The van der Waals surface area contributed by atoms with E-state index < -0.39 is 0 Å². The molecule has 4 rings (SSSR count). The van der Waals surface area contributed by atoms with E-state index in [-0.39, 0.29) is 23.8 Å². The number of nitrogens with zero attached hydrogens (tertiary/aromatic N) is 1. The van der Waals surface area contributed by atoms with Gasteiger partial charge in [0.2, 0.25) is 11.8 Å². The van der Waals surface area contributed by atoms with Gasteiger partial charge < -0.3 is 14.6 Å². The Hall–Kier alpha value is -2.30. The SMILES string of the molecule is Cc1oc2ccc(NC(=O)[C@H]3CCCN3C(=O)C3CC3)cc2c1C. The first-order chi connectivity index (χ1) is 11.5. The van der Waals surface area contributed by atoms with Crippen LogP contribution in [0.2, 0.25) is 0 Å². The second-order valence-corrected chi connectivity index (χ2v) is 6.95. The lowest BCUT2D eigenvalue weighted by atomic mass is 10.1. The molecule has 2 aromatic rings. The van der Waals surface area contributed by atoms with Crippen LogP contribution in [-0.2, 0) is 9.59 Å². The molecule has 2 amide bonds. The van der Waals surface area contributed by atoms with Crippen LogP contribution >= 0.6 is 0 Å². The molecule has 5 heteroatoms. The number of anilines is 1. The van der Waals surface area contributed by atoms with Crippen LogP contribution in [-0.4, -0.2) is 29.3 Å². The van der Waals surface area contributed by atoms with Gasteiger partial charge in [-0.1, -0.05) is 0 Å². The fraction of sp³-hybridized carbons (Fsp3) is 0.474. The fourth-order valence-corrected chi connectivity index (χ4v) is 3.51. The molecule has 0 spiro atoms. The highest BCUT2D eigenvalue weighted by atomic mass is 16.3. The Bertz CT molecular complexity index is 819. The summed E-state index contributed by atoms with van der Waals surface area (Å²) in [7, 11) is 0. The molecule has 0 bridgehead atoms. The molecule has 1 aromatic heterocycles. The predicted molar refractivity (Wildman–Crippen MR) is 91.8 cm³/mol. The van der Waals surface area contributed by atoms with E-state index >= 15 is 0 Å². The predicted octanol–water partition coefficient (Wildman–Crippen LogP) is 3.39. The van der Waals surface area contributed by atoms with E-state index in [1.165, 1.54) is 0 Å². The van der Waals surface area contributed by atoms with Crippen molar-refractivity contribution in [1.29, 1.82) is 0 Å². The molecule has 1 aliphatic heterocycles. The zero-order valence-electron chi connectivity index (χ0n) is 14.1. The van der Waals surface area contributed by atoms with Gasteiger partial charge in [0.15, 0.2) is 0 Å². The minimum absolute atomic E-state index is 0.0845. The molecule has 1 atom stereocenters. The average Bonchev–Trinajstić information content (AvgIpc) is 3.23. The molecular weight excluding hydrogens is 304 g/mol. The van der Waals surface area contributed by atoms with Gasteiger partial charge in [-0.2, -0.15) is 0 Å². The Balaban J connectivity index is 1.52. The number of amides is 2. The van der Waals surface area contributed by atoms with Gasteiger partial charge >= 0.3 is 0 Å². The van der Waals surface area contributed by atoms with Gasteiger partial charge in [0.25, 0.3) is 0 Å². The Kier molecular flexibility index (Phi) is 3.59. The van der Waals surface area contributed by atoms with E-state index in [0.29, 0.717) is 6.54 Å². The van der Waals surface area contributed by atoms with Crippen molar-refractivity contribution in [1.82, 2.24) is 4.90 Å². The lowest BCUT2D eigenvalue weighted by Crippen LogP contribution is -2.43. The first kappa shape index (κ1) is 15.2. The maximum absolute atomic E-state index is 12.7. The van der Waals surface area contributed by atoms with E-state index in [1.54, 1.807) is 4.90 Å². The van der Waals surface area contributed by atoms with Gasteiger partial charge in [0.1, 0.15) is 17.4 Å². The Morgan fingerprint density at radius 2 is 2.00 bits per heavy atom. The molecule has 1 saturated heterocycles. The van der Waals surface area contributed by atoms with Crippen LogP contribution < -0.4 is 5.32 Å². The molecule has 2 heterocycles. The fourth-order valence-electron chi connectivity index (χ4n) is 3.51. The van der Waals surface area contributed by atoms with Gasteiger partial charge in [-0.25, -0.2) is 0 Å². The van der Waals surface area contributed by atoms with Crippen molar-refractivity contribution in [3.05, 3.63) is 29.5 Å². The van der Waals surface area contributed by atoms with E-state index in [1.807, 2.05) is 32.0 Å². The van der Waals surface area contributed by atoms with Crippen LogP contribution in [0.5, 0.6) is 0 Å². The molecule has 0 radical (unpaired) electrons. The normalized spacial score (nSPS) is 20.6. The number of furan rings is 1. The molecular formula is C19H22N2O3. The average molecular weight is 326 g/mol. The van der Waals surface area contributed by atoms with Crippen LogP contribution in [0.3, 0.4) is 0 Å². The molecule has 5 nitrogen and oxygen atoms in total. The van der Waals surface area contributed by atoms with E-state index in [4.69, 9.17) is 4.42 Å². The van der Waals surface area contributed by atoms with Crippen molar-refractivity contribution >= 4 is 28.5 Å². The molecule has 0 unspecified atom stereocenters. The highest BCUT2D eigenvalue weighted by Gasteiger charge is 2.40. The smallest absolute Gasteiger partial charge is 0.247 e. The van der Waals surface area contributed by atoms with Crippen LogP contribution in [0.4, 0.5) is 5.69 Å². The standard InChI is InChI=1S/C19H22N2O3/c1-11-12(2)24-17-8-7-14(10-15(11)17)20-18(22)16-4-3-9-21(16)19(23)13-5-6-13/h7-8,10,13,16H,3-6,9H2,1-2H3,(H,20,22)/t16-/m1/s1. The van der Waals surface area contributed by atoms with Gasteiger partial charge in [-0.05, 0) is 63.3 Å². The third-order valence-electron chi connectivity index (χ3n) is 5.21. The summed E-state index contributed by atoms with van der Waals surface area (Å²) in [6, 6.07) is 5.35. The minimum atomic E-state index is -0.332. The Morgan fingerprint density at radius 1 is 1.21 bits per heavy atom. The summed E-state index contributed by atoms with van der Waals surface area (Å²) in [4.78, 5) is 26.8. The molecule has 2 fully saturated rings. The highest BCUT2D eigenvalue weighted by molar-refractivity contribution is 5.99. The number of hydrogen-bond acceptors (Lipinski definition) is 3. The van der Waals surface area contributed by atoms with Crippen molar-refractivity contribution in [2.24, 2.45) is 5.92 Å². The highest BCUT2D eigenvalue weighted by Crippen LogP contribution is 2.34. The number of aryl methyl sites for hydroxylation is 2. The van der Waals surface area contributed by atoms with Crippen LogP contribution in [0.25, 0.3) is 11.0 Å². The third kappa shape index (κ3) is 2.58. The summed E-state index contributed by atoms with van der Waals surface area (Å²) in [6.07, 6.45) is 3.59. The van der Waals surface area contributed by atoms with Crippen molar-refractivity contribution in [3.63, 3.8) is 0 Å². The summed E-state index contributed by atoms with van der Waals surface area (Å²) in [5.41, 5.74) is 2.67. The molecule has 1 N–H and O–H groups in total. The van der Waals surface area contributed by atoms with E-state index in [9.17, 15) is 9.59 Å².